The molecule has 27 heavy (non-hydrogen) atoms. The highest BCUT2D eigenvalue weighted by Gasteiger charge is 2.11. The van der Waals surface area contributed by atoms with Gasteiger partial charge in [-0.1, -0.05) is 30.3 Å². The summed E-state index contributed by atoms with van der Waals surface area (Å²) in [6, 6.07) is 19.7. The molecule has 0 N–H and O–H groups in total. The molecule has 0 spiro atoms. The van der Waals surface area contributed by atoms with Crippen LogP contribution in [0.3, 0.4) is 0 Å². The zero-order chi connectivity index (χ0) is 18.8. The predicted molar refractivity (Wildman–Crippen MR) is 102 cm³/mol. The van der Waals surface area contributed by atoms with Gasteiger partial charge in [-0.25, -0.2) is 9.59 Å². The van der Waals surface area contributed by atoms with Gasteiger partial charge in [0.05, 0.1) is 12.7 Å². The highest BCUT2D eigenvalue weighted by Crippen LogP contribution is 2.28. The predicted octanol–water partition coefficient (Wildman–Crippen LogP) is 4.31. The SMILES string of the molecule is COC(=O)c1ccc(OCc2cc(=O)oc3ccc4ccccc4c23)cc1. The maximum absolute atomic E-state index is 11.9. The summed E-state index contributed by atoms with van der Waals surface area (Å²) in [5.74, 6) is 0.184. The van der Waals surface area contributed by atoms with Gasteiger partial charge in [0.1, 0.15) is 17.9 Å². The molecular weight excluding hydrogens is 344 g/mol. The molecule has 0 radical (unpaired) electrons. The molecule has 0 unspecified atom stereocenters. The summed E-state index contributed by atoms with van der Waals surface area (Å²) < 4.78 is 15.9. The summed E-state index contributed by atoms with van der Waals surface area (Å²) in [6.45, 7) is 0.202. The Hall–Kier alpha value is -3.60. The van der Waals surface area contributed by atoms with E-state index in [1.165, 1.54) is 13.2 Å². The van der Waals surface area contributed by atoms with E-state index in [2.05, 4.69) is 4.74 Å². The Balaban J connectivity index is 1.70. The number of methoxy groups -OCH3 is 1. The van der Waals surface area contributed by atoms with Gasteiger partial charge in [-0.05, 0) is 41.1 Å². The van der Waals surface area contributed by atoms with E-state index in [0.717, 1.165) is 21.7 Å². The highest BCUT2D eigenvalue weighted by molar-refractivity contribution is 6.07. The number of carbonyl (C=O) groups is 1. The Labute approximate surface area is 154 Å². The lowest BCUT2D eigenvalue weighted by Crippen LogP contribution is -2.05. The zero-order valence-corrected chi connectivity index (χ0v) is 14.6. The Kier molecular flexibility index (Phi) is 4.34. The summed E-state index contributed by atoms with van der Waals surface area (Å²) in [4.78, 5) is 23.4. The lowest BCUT2D eigenvalue weighted by molar-refractivity contribution is 0.0600. The molecule has 3 aromatic carbocycles. The topological polar surface area (TPSA) is 65.7 Å². The lowest BCUT2D eigenvalue weighted by Gasteiger charge is -2.10. The third kappa shape index (κ3) is 3.27. The summed E-state index contributed by atoms with van der Waals surface area (Å²) in [5, 5.41) is 2.92. The van der Waals surface area contributed by atoms with E-state index in [1.807, 2.05) is 30.3 Å². The van der Waals surface area contributed by atoms with Crippen LogP contribution in [-0.4, -0.2) is 13.1 Å². The minimum absolute atomic E-state index is 0.202. The Morgan fingerprint density at radius 2 is 1.78 bits per heavy atom. The molecule has 0 fully saturated rings. The molecule has 1 heterocycles. The minimum Gasteiger partial charge on any atom is -0.489 e. The second-order valence-electron chi connectivity index (χ2n) is 6.06. The molecule has 0 bridgehead atoms. The number of rotatable bonds is 4. The third-order valence-electron chi connectivity index (χ3n) is 4.38. The Bertz CT molecular complexity index is 1190. The van der Waals surface area contributed by atoms with Gasteiger partial charge in [0.2, 0.25) is 0 Å². The maximum atomic E-state index is 11.9. The van der Waals surface area contributed by atoms with Gasteiger partial charge in [0, 0.05) is 17.0 Å². The van der Waals surface area contributed by atoms with Crippen LogP contribution in [-0.2, 0) is 11.3 Å². The van der Waals surface area contributed by atoms with Crippen LogP contribution < -0.4 is 10.4 Å². The van der Waals surface area contributed by atoms with E-state index in [0.29, 0.717) is 16.9 Å². The number of hydrogen-bond acceptors (Lipinski definition) is 5. The van der Waals surface area contributed by atoms with Crippen molar-refractivity contribution in [3.63, 3.8) is 0 Å². The number of fused-ring (bicyclic) bond motifs is 3. The standard InChI is InChI=1S/C22H16O5/c1-25-22(24)15-6-9-17(10-7-15)26-13-16-12-20(23)27-19-11-8-14-4-2-3-5-18(14)21(16)19/h2-12H,13H2,1H3. The average molecular weight is 360 g/mol. The molecular formula is C22H16O5. The van der Waals surface area contributed by atoms with Crippen molar-refractivity contribution in [2.75, 3.05) is 7.11 Å². The molecule has 0 aliphatic heterocycles. The van der Waals surface area contributed by atoms with E-state index < -0.39 is 11.6 Å². The van der Waals surface area contributed by atoms with Crippen LogP contribution in [0.25, 0.3) is 21.7 Å². The second kappa shape index (κ2) is 6.96. The molecule has 0 aliphatic rings. The lowest BCUT2D eigenvalue weighted by atomic mass is 10.0. The molecule has 0 saturated heterocycles. The molecule has 1 aromatic heterocycles. The van der Waals surface area contributed by atoms with Crippen molar-refractivity contribution in [1.82, 2.24) is 0 Å². The van der Waals surface area contributed by atoms with E-state index in [1.54, 1.807) is 30.3 Å². The Morgan fingerprint density at radius 3 is 2.56 bits per heavy atom. The number of esters is 1. The van der Waals surface area contributed by atoms with E-state index in [9.17, 15) is 9.59 Å². The van der Waals surface area contributed by atoms with Crippen molar-refractivity contribution in [3.05, 3.63) is 88.3 Å². The second-order valence-corrected chi connectivity index (χ2v) is 6.06. The number of hydrogen-bond donors (Lipinski definition) is 0. The monoisotopic (exact) mass is 360 g/mol. The quantitative estimate of drug-likeness (QED) is 0.308. The highest BCUT2D eigenvalue weighted by atomic mass is 16.5. The molecule has 4 rings (SSSR count). The van der Waals surface area contributed by atoms with E-state index in [4.69, 9.17) is 9.15 Å². The smallest absolute Gasteiger partial charge is 0.337 e. The van der Waals surface area contributed by atoms with Crippen LogP contribution >= 0.6 is 0 Å². The first kappa shape index (κ1) is 16.8. The summed E-state index contributed by atoms with van der Waals surface area (Å²) >= 11 is 0. The summed E-state index contributed by atoms with van der Waals surface area (Å²) in [7, 11) is 1.34. The first-order valence-corrected chi connectivity index (χ1v) is 8.41. The normalized spacial score (nSPS) is 10.9. The summed E-state index contributed by atoms with van der Waals surface area (Å²) in [6.07, 6.45) is 0. The van der Waals surface area contributed by atoms with E-state index >= 15 is 0 Å². The number of carbonyl (C=O) groups excluding carboxylic acids is 1. The number of ether oxygens (including phenoxy) is 2. The fourth-order valence-electron chi connectivity index (χ4n) is 3.10. The molecule has 0 saturated carbocycles. The van der Waals surface area contributed by atoms with Gasteiger partial charge in [0.25, 0.3) is 0 Å². The molecule has 4 aromatic rings. The van der Waals surface area contributed by atoms with Crippen LogP contribution in [0.4, 0.5) is 0 Å². The fourth-order valence-corrected chi connectivity index (χ4v) is 3.10. The van der Waals surface area contributed by atoms with Crippen molar-refractivity contribution in [3.8, 4) is 5.75 Å². The van der Waals surface area contributed by atoms with Crippen molar-refractivity contribution in [2.24, 2.45) is 0 Å². The fraction of sp³-hybridized carbons (Fsp3) is 0.0909. The average Bonchev–Trinajstić information content (AvgIpc) is 2.71. The van der Waals surface area contributed by atoms with Gasteiger partial charge in [-0.2, -0.15) is 0 Å². The van der Waals surface area contributed by atoms with Crippen LogP contribution in [0.15, 0.2) is 75.9 Å². The van der Waals surface area contributed by atoms with Gasteiger partial charge in [-0.15, -0.1) is 0 Å². The van der Waals surface area contributed by atoms with Crippen molar-refractivity contribution in [2.45, 2.75) is 6.61 Å². The molecule has 5 nitrogen and oxygen atoms in total. The molecule has 0 amide bonds. The third-order valence-corrected chi connectivity index (χ3v) is 4.38. The minimum atomic E-state index is -0.419. The first-order chi connectivity index (χ1) is 13.2. The van der Waals surface area contributed by atoms with Gasteiger partial charge in [-0.3, -0.25) is 0 Å². The molecule has 5 heteroatoms. The Morgan fingerprint density at radius 1 is 1.00 bits per heavy atom. The van der Waals surface area contributed by atoms with E-state index in [-0.39, 0.29) is 6.61 Å². The van der Waals surface area contributed by atoms with Crippen molar-refractivity contribution >= 4 is 27.7 Å². The summed E-state index contributed by atoms with van der Waals surface area (Å²) in [5.41, 5.74) is 1.30. The van der Waals surface area contributed by atoms with Crippen LogP contribution in [0.2, 0.25) is 0 Å². The van der Waals surface area contributed by atoms with Crippen molar-refractivity contribution in [1.29, 1.82) is 0 Å². The largest absolute Gasteiger partial charge is 0.489 e. The van der Waals surface area contributed by atoms with Crippen LogP contribution in [0, 0.1) is 0 Å². The van der Waals surface area contributed by atoms with Gasteiger partial charge < -0.3 is 13.9 Å². The molecule has 134 valence electrons. The van der Waals surface area contributed by atoms with Gasteiger partial charge in [0.15, 0.2) is 0 Å². The molecule has 0 aliphatic carbocycles. The zero-order valence-electron chi connectivity index (χ0n) is 14.6. The van der Waals surface area contributed by atoms with Gasteiger partial charge >= 0.3 is 11.6 Å². The van der Waals surface area contributed by atoms with Crippen LogP contribution in [0.5, 0.6) is 5.75 Å². The van der Waals surface area contributed by atoms with Crippen molar-refractivity contribution < 1.29 is 18.7 Å². The number of benzene rings is 3. The maximum Gasteiger partial charge on any atom is 0.337 e. The first-order valence-electron chi connectivity index (χ1n) is 8.41. The molecule has 0 atom stereocenters. The van der Waals surface area contributed by atoms with Crippen LogP contribution in [0.1, 0.15) is 15.9 Å².